The third-order valence-corrected chi connectivity index (χ3v) is 5.27. The van der Waals surface area contributed by atoms with Crippen LogP contribution in [-0.4, -0.2) is 53.2 Å². The number of piperidine rings is 1. The highest BCUT2D eigenvalue weighted by atomic mass is 35.5. The van der Waals surface area contributed by atoms with E-state index < -0.39 is 10.0 Å². The number of rotatable bonds is 8. The largest absolute Gasteiger partial charge is 0.492 e. The van der Waals surface area contributed by atoms with E-state index in [1.165, 1.54) is 31.4 Å². The van der Waals surface area contributed by atoms with Gasteiger partial charge >= 0.3 is 0 Å². The number of nitrogens with two attached hydrogens (primary N) is 1. The average Bonchev–Trinajstić information content (AvgIpc) is 2.54. The highest BCUT2D eigenvalue weighted by Crippen LogP contribution is 2.20. The molecule has 0 radical (unpaired) electrons. The smallest absolute Gasteiger partial charge is 0.238 e. The Balaban J connectivity index is 0.00000288. The molecular formula is C16H28ClN3O3S. The summed E-state index contributed by atoms with van der Waals surface area (Å²) in [6, 6.07) is 6.23. The van der Waals surface area contributed by atoms with Gasteiger partial charge in [0.25, 0.3) is 0 Å². The summed E-state index contributed by atoms with van der Waals surface area (Å²) in [6.07, 6.45) is 3.77. The molecule has 24 heavy (non-hydrogen) atoms. The number of sulfonamides is 1. The van der Waals surface area contributed by atoms with Crippen LogP contribution in [-0.2, 0) is 10.0 Å². The van der Waals surface area contributed by atoms with Crippen molar-refractivity contribution in [3.8, 4) is 5.75 Å². The number of ether oxygens (including phenoxy) is 1. The minimum absolute atomic E-state index is 0. The molecule has 0 unspecified atom stereocenters. The van der Waals surface area contributed by atoms with E-state index in [0.29, 0.717) is 12.4 Å². The first-order chi connectivity index (χ1) is 11.0. The van der Waals surface area contributed by atoms with Crippen LogP contribution in [0.4, 0.5) is 0 Å². The maximum Gasteiger partial charge on any atom is 0.238 e. The van der Waals surface area contributed by atoms with E-state index in [-0.39, 0.29) is 17.3 Å². The summed E-state index contributed by atoms with van der Waals surface area (Å²) >= 11 is 0. The number of hydrogen-bond donors (Lipinski definition) is 2. The second kappa shape index (κ2) is 10.2. The van der Waals surface area contributed by atoms with Gasteiger partial charge < -0.3 is 10.1 Å². The van der Waals surface area contributed by atoms with Gasteiger partial charge in [-0.3, -0.25) is 4.90 Å². The molecule has 1 aliphatic rings. The maximum absolute atomic E-state index is 11.2. The molecule has 0 aromatic heterocycles. The lowest BCUT2D eigenvalue weighted by Gasteiger charge is -2.31. The van der Waals surface area contributed by atoms with Crippen LogP contribution in [0.5, 0.6) is 5.75 Å². The Morgan fingerprint density at radius 1 is 1.25 bits per heavy atom. The first-order valence-electron chi connectivity index (χ1n) is 8.11. The van der Waals surface area contributed by atoms with Crippen LogP contribution >= 0.6 is 12.4 Å². The average molecular weight is 378 g/mol. The van der Waals surface area contributed by atoms with Crippen molar-refractivity contribution in [2.45, 2.75) is 24.2 Å². The van der Waals surface area contributed by atoms with E-state index >= 15 is 0 Å². The van der Waals surface area contributed by atoms with Crippen LogP contribution in [0.3, 0.4) is 0 Å². The molecule has 1 aromatic carbocycles. The molecule has 8 heteroatoms. The number of benzene rings is 1. The molecule has 138 valence electrons. The number of hydrogen-bond acceptors (Lipinski definition) is 5. The lowest BCUT2D eigenvalue weighted by molar-refractivity contribution is 0.151. The van der Waals surface area contributed by atoms with Gasteiger partial charge in [0.05, 0.1) is 4.90 Å². The van der Waals surface area contributed by atoms with Crippen molar-refractivity contribution in [3.63, 3.8) is 0 Å². The SMILES string of the molecule is CNCCC1CCN(CCOc2ccc(S(N)(=O)=O)cc2)CC1.Cl. The Labute approximate surface area is 151 Å². The van der Waals surface area contributed by atoms with Crippen LogP contribution in [0.2, 0.25) is 0 Å². The second-order valence-corrected chi connectivity index (χ2v) is 7.60. The fraction of sp³-hybridized carbons (Fsp3) is 0.625. The van der Waals surface area contributed by atoms with Gasteiger partial charge in [-0.2, -0.15) is 0 Å². The molecule has 6 nitrogen and oxygen atoms in total. The number of nitrogens with zero attached hydrogens (tertiary/aromatic N) is 1. The minimum Gasteiger partial charge on any atom is -0.492 e. The third kappa shape index (κ3) is 6.94. The maximum atomic E-state index is 11.2. The first-order valence-corrected chi connectivity index (χ1v) is 9.66. The van der Waals surface area contributed by atoms with Crippen LogP contribution < -0.4 is 15.2 Å². The van der Waals surface area contributed by atoms with Gasteiger partial charge in [0.15, 0.2) is 0 Å². The zero-order valence-electron chi connectivity index (χ0n) is 14.1. The van der Waals surface area contributed by atoms with E-state index in [1.807, 2.05) is 7.05 Å². The second-order valence-electron chi connectivity index (χ2n) is 6.04. The molecule has 0 atom stereocenters. The summed E-state index contributed by atoms with van der Waals surface area (Å²) in [7, 11) is -1.64. The molecule has 0 saturated carbocycles. The fourth-order valence-electron chi connectivity index (χ4n) is 2.87. The van der Waals surface area contributed by atoms with Crippen molar-refractivity contribution < 1.29 is 13.2 Å². The van der Waals surface area contributed by atoms with Crippen LogP contribution in [0.1, 0.15) is 19.3 Å². The molecule has 1 aromatic rings. The van der Waals surface area contributed by atoms with Crippen LogP contribution in [0.15, 0.2) is 29.2 Å². The van der Waals surface area contributed by atoms with Gasteiger partial charge in [0.1, 0.15) is 12.4 Å². The predicted molar refractivity (Wildman–Crippen MR) is 98.3 cm³/mol. The molecule has 1 saturated heterocycles. The summed E-state index contributed by atoms with van der Waals surface area (Å²) in [6.45, 7) is 4.86. The molecule has 0 amide bonds. The summed E-state index contributed by atoms with van der Waals surface area (Å²) < 4.78 is 28.0. The van der Waals surface area contributed by atoms with Crippen molar-refractivity contribution in [2.24, 2.45) is 11.1 Å². The van der Waals surface area contributed by atoms with Crippen LogP contribution in [0.25, 0.3) is 0 Å². The topological polar surface area (TPSA) is 84.7 Å². The van der Waals surface area contributed by atoms with Crippen molar-refractivity contribution in [1.29, 1.82) is 0 Å². The molecule has 0 aliphatic carbocycles. The first kappa shape index (κ1) is 21.2. The normalized spacial score (nSPS) is 16.6. The van der Waals surface area contributed by atoms with E-state index in [2.05, 4.69) is 10.2 Å². The standard InChI is InChI=1S/C16H27N3O3S.ClH/c1-18-9-6-14-7-10-19(11-8-14)12-13-22-15-2-4-16(5-3-15)23(17,20)21;/h2-5,14,18H,6-13H2,1H3,(H2,17,20,21);1H. The van der Waals surface area contributed by atoms with Gasteiger partial charge in [0, 0.05) is 6.54 Å². The van der Waals surface area contributed by atoms with Gasteiger partial charge in [-0.05, 0) is 76.1 Å². The molecule has 1 fully saturated rings. The number of primary sulfonamides is 1. The Kier molecular flexibility index (Phi) is 9.01. The molecule has 0 bridgehead atoms. The van der Waals surface area contributed by atoms with Gasteiger partial charge in [-0.25, -0.2) is 13.6 Å². The molecule has 1 aliphatic heterocycles. The van der Waals surface area contributed by atoms with Crippen molar-refractivity contribution in [1.82, 2.24) is 10.2 Å². The Bertz CT molecular complexity index is 573. The molecule has 0 spiro atoms. The summed E-state index contributed by atoms with van der Waals surface area (Å²) in [4.78, 5) is 2.53. The third-order valence-electron chi connectivity index (χ3n) is 4.34. The summed E-state index contributed by atoms with van der Waals surface area (Å²) in [5.74, 6) is 1.51. The van der Waals surface area contributed by atoms with E-state index in [9.17, 15) is 8.42 Å². The fourth-order valence-corrected chi connectivity index (χ4v) is 3.38. The molecular weight excluding hydrogens is 350 g/mol. The van der Waals surface area contributed by atoms with Gasteiger partial charge in [-0.15, -0.1) is 12.4 Å². The Morgan fingerprint density at radius 2 is 1.88 bits per heavy atom. The van der Waals surface area contributed by atoms with E-state index in [0.717, 1.165) is 32.1 Å². The van der Waals surface area contributed by atoms with Gasteiger partial charge in [-0.1, -0.05) is 0 Å². The number of halogens is 1. The van der Waals surface area contributed by atoms with Gasteiger partial charge in [0.2, 0.25) is 10.0 Å². The number of nitrogens with one attached hydrogen (secondary N) is 1. The molecule has 1 heterocycles. The summed E-state index contributed by atoms with van der Waals surface area (Å²) in [5.41, 5.74) is 0. The predicted octanol–water partition coefficient (Wildman–Crippen LogP) is 1.46. The zero-order chi connectivity index (χ0) is 16.7. The highest BCUT2D eigenvalue weighted by molar-refractivity contribution is 7.89. The number of likely N-dealkylation sites (tertiary alicyclic amines) is 1. The van der Waals surface area contributed by atoms with Crippen molar-refractivity contribution in [2.75, 3.05) is 39.8 Å². The van der Waals surface area contributed by atoms with Crippen molar-refractivity contribution in [3.05, 3.63) is 24.3 Å². The minimum atomic E-state index is -3.64. The highest BCUT2D eigenvalue weighted by Gasteiger charge is 2.18. The van der Waals surface area contributed by atoms with Crippen molar-refractivity contribution >= 4 is 22.4 Å². The lowest BCUT2D eigenvalue weighted by Crippen LogP contribution is -2.37. The Morgan fingerprint density at radius 3 is 2.42 bits per heavy atom. The van der Waals surface area contributed by atoms with E-state index in [4.69, 9.17) is 9.88 Å². The van der Waals surface area contributed by atoms with Crippen LogP contribution in [0, 0.1) is 5.92 Å². The summed E-state index contributed by atoms with van der Waals surface area (Å²) in [5, 5.41) is 8.28. The monoisotopic (exact) mass is 377 g/mol. The molecule has 3 N–H and O–H groups in total. The van der Waals surface area contributed by atoms with E-state index in [1.54, 1.807) is 12.1 Å². The Hall–Kier alpha value is -0.860. The zero-order valence-corrected chi connectivity index (χ0v) is 15.7. The molecule has 2 rings (SSSR count). The lowest BCUT2D eigenvalue weighted by atomic mass is 9.93. The quantitative estimate of drug-likeness (QED) is 0.716.